The lowest BCUT2D eigenvalue weighted by molar-refractivity contribution is -0.114. The number of hydrogen-bond donors (Lipinski definition) is 2. The minimum atomic E-state index is -0.309. The van der Waals surface area contributed by atoms with Crippen LogP contribution in [0, 0.1) is 13.8 Å². The highest BCUT2D eigenvalue weighted by atomic mass is 35.5. The van der Waals surface area contributed by atoms with Crippen LogP contribution in [0.3, 0.4) is 0 Å². The number of para-hydroxylation sites is 2. The number of anilines is 2. The van der Waals surface area contributed by atoms with Crippen LogP contribution in [0.5, 0.6) is 0 Å². The lowest BCUT2D eigenvalue weighted by Gasteiger charge is -2.13. The largest absolute Gasteiger partial charge is 0.323 e. The molecule has 12 heteroatoms. The Morgan fingerprint density at radius 2 is 1.08 bits per heavy atom. The van der Waals surface area contributed by atoms with Crippen molar-refractivity contribution in [3.63, 3.8) is 0 Å². The van der Waals surface area contributed by atoms with Crippen LogP contribution >= 0.6 is 69.9 Å². The second kappa shape index (κ2) is 12.8. The van der Waals surface area contributed by atoms with Gasteiger partial charge in [-0.1, -0.05) is 94.2 Å². The van der Waals surface area contributed by atoms with Gasteiger partial charge in [0.2, 0.25) is 11.8 Å². The summed E-state index contributed by atoms with van der Waals surface area (Å²) in [4.78, 5) is 34.8. The van der Waals surface area contributed by atoms with Gasteiger partial charge in [-0.15, -0.1) is 0 Å². The molecule has 196 valence electrons. The Kier molecular flexibility index (Phi) is 9.68. The van der Waals surface area contributed by atoms with E-state index in [0.717, 1.165) is 11.1 Å². The average molecular weight is 626 g/mol. The first-order valence-electron chi connectivity index (χ1n) is 11.2. The fourth-order valence-electron chi connectivity index (χ4n) is 3.32. The summed E-state index contributed by atoms with van der Waals surface area (Å²) in [7, 11) is 0. The van der Waals surface area contributed by atoms with E-state index in [9.17, 15) is 9.59 Å². The van der Waals surface area contributed by atoms with Gasteiger partial charge in [0.25, 0.3) is 0 Å². The van der Waals surface area contributed by atoms with Gasteiger partial charge in [-0.25, -0.2) is 9.97 Å². The van der Waals surface area contributed by atoms with Crippen LogP contribution in [0.2, 0.25) is 20.1 Å². The molecule has 0 aliphatic heterocycles. The second-order valence-electron chi connectivity index (χ2n) is 8.10. The van der Waals surface area contributed by atoms with Crippen molar-refractivity contribution in [2.45, 2.75) is 23.9 Å². The van der Waals surface area contributed by atoms with Crippen molar-refractivity contribution in [2.24, 2.45) is 0 Å². The third-order valence-corrected chi connectivity index (χ3v) is 8.95. The summed E-state index contributed by atoms with van der Waals surface area (Å²) in [6, 6.07) is 14.3. The molecule has 0 spiro atoms. The maximum atomic E-state index is 12.7. The fraction of sp³-hybridized carbons (Fsp3) is 0.154. The van der Waals surface area contributed by atoms with Gasteiger partial charge in [0, 0.05) is 0 Å². The van der Waals surface area contributed by atoms with E-state index in [0.29, 0.717) is 52.6 Å². The molecule has 0 aliphatic rings. The molecule has 0 unspecified atom stereocenters. The molecule has 2 N–H and O–H groups in total. The van der Waals surface area contributed by atoms with Gasteiger partial charge >= 0.3 is 0 Å². The Morgan fingerprint density at radius 1 is 0.684 bits per heavy atom. The summed E-state index contributed by atoms with van der Waals surface area (Å²) in [5.41, 5.74) is 3.67. The van der Waals surface area contributed by atoms with E-state index in [4.69, 9.17) is 46.4 Å². The summed E-state index contributed by atoms with van der Waals surface area (Å²) in [6.45, 7) is 3.66. The smallest absolute Gasteiger partial charge is 0.234 e. The Morgan fingerprint density at radius 3 is 1.47 bits per heavy atom. The zero-order valence-corrected chi connectivity index (χ0v) is 24.7. The summed E-state index contributed by atoms with van der Waals surface area (Å²) in [6.07, 6.45) is 0. The predicted octanol–water partition coefficient (Wildman–Crippen LogP) is 8.32. The molecule has 0 saturated carbocycles. The Balaban J connectivity index is 1.49. The summed E-state index contributed by atoms with van der Waals surface area (Å²) in [5, 5.41) is 8.05. The van der Waals surface area contributed by atoms with Crippen molar-refractivity contribution in [1.82, 2.24) is 9.97 Å². The molecule has 6 nitrogen and oxygen atoms in total. The molecule has 38 heavy (non-hydrogen) atoms. The van der Waals surface area contributed by atoms with E-state index in [1.165, 1.54) is 23.5 Å². The molecule has 0 radical (unpaired) electrons. The second-order valence-corrected chi connectivity index (χ2v) is 11.6. The van der Waals surface area contributed by atoms with Gasteiger partial charge in [-0.05, 0) is 49.2 Å². The van der Waals surface area contributed by atoms with Crippen LogP contribution in [0.25, 0.3) is 11.0 Å². The molecule has 2 amide bonds. The van der Waals surface area contributed by atoms with Crippen LogP contribution in [0.1, 0.15) is 11.1 Å². The highest BCUT2D eigenvalue weighted by Crippen LogP contribution is 2.35. The van der Waals surface area contributed by atoms with Gasteiger partial charge in [-0.2, -0.15) is 0 Å². The molecule has 0 atom stereocenters. The number of aromatic nitrogens is 2. The number of benzene rings is 3. The van der Waals surface area contributed by atoms with Crippen LogP contribution in [-0.4, -0.2) is 33.3 Å². The SMILES string of the molecule is Cc1ccc(Cl)c(NC(=O)CSc2nc3ccccc3nc2SCC(=O)Nc2c(Cl)ccc(C)c2Cl)c1Cl. The fourth-order valence-corrected chi connectivity index (χ4v) is 5.94. The lowest BCUT2D eigenvalue weighted by Crippen LogP contribution is -2.16. The number of rotatable bonds is 8. The van der Waals surface area contributed by atoms with E-state index in [-0.39, 0.29) is 23.3 Å². The summed E-state index contributed by atoms with van der Waals surface area (Å²) >= 11 is 27.5. The standard InChI is InChI=1S/C26H20Cl4N4O2S2/c1-13-7-9-15(27)23(21(13)29)33-19(35)11-37-25-26(32-18-6-4-3-5-17(18)31-25)38-12-20(36)34-24-16(28)10-8-14(2)22(24)30/h3-10H,11-12H2,1-2H3,(H,33,35)(H,34,36). The highest BCUT2D eigenvalue weighted by molar-refractivity contribution is 8.02. The topological polar surface area (TPSA) is 84.0 Å². The minimum absolute atomic E-state index is 0.0296. The lowest BCUT2D eigenvalue weighted by atomic mass is 10.2. The monoisotopic (exact) mass is 624 g/mol. The quantitative estimate of drug-likeness (QED) is 0.192. The third kappa shape index (κ3) is 6.86. The molecule has 4 aromatic rings. The summed E-state index contributed by atoms with van der Waals surface area (Å²) < 4.78 is 0. The third-order valence-electron chi connectivity index (χ3n) is 5.29. The van der Waals surface area contributed by atoms with Crippen molar-refractivity contribution >= 4 is 104 Å². The van der Waals surface area contributed by atoms with E-state index in [1.807, 2.05) is 38.1 Å². The summed E-state index contributed by atoms with van der Waals surface area (Å²) in [5.74, 6) is -0.558. The zero-order valence-electron chi connectivity index (χ0n) is 20.1. The normalized spacial score (nSPS) is 11.0. The zero-order chi connectivity index (χ0) is 27.4. The van der Waals surface area contributed by atoms with Crippen LogP contribution in [0.4, 0.5) is 11.4 Å². The van der Waals surface area contributed by atoms with E-state index >= 15 is 0 Å². The number of amides is 2. The van der Waals surface area contributed by atoms with Crippen LogP contribution in [0.15, 0.2) is 58.6 Å². The van der Waals surface area contributed by atoms with Crippen molar-refractivity contribution < 1.29 is 9.59 Å². The van der Waals surface area contributed by atoms with Crippen LogP contribution < -0.4 is 10.6 Å². The number of carbonyl (C=O) groups is 2. The minimum Gasteiger partial charge on any atom is -0.323 e. The van der Waals surface area contributed by atoms with Gasteiger partial charge in [-0.3, -0.25) is 9.59 Å². The Labute approximate surface area is 248 Å². The molecular weight excluding hydrogens is 606 g/mol. The van der Waals surface area contributed by atoms with Crippen molar-refractivity contribution in [2.75, 3.05) is 22.1 Å². The number of aryl methyl sites for hydroxylation is 2. The van der Waals surface area contributed by atoms with Crippen molar-refractivity contribution in [3.8, 4) is 0 Å². The average Bonchev–Trinajstić information content (AvgIpc) is 2.90. The van der Waals surface area contributed by atoms with E-state index < -0.39 is 0 Å². The number of halogens is 4. The predicted molar refractivity (Wildman–Crippen MR) is 161 cm³/mol. The van der Waals surface area contributed by atoms with E-state index in [1.54, 1.807) is 24.3 Å². The van der Waals surface area contributed by atoms with Crippen LogP contribution in [-0.2, 0) is 9.59 Å². The van der Waals surface area contributed by atoms with Gasteiger partial charge in [0.15, 0.2) is 0 Å². The number of hydrogen-bond acceptors (Lipinski definition) is 6. The Bertz CT molecular complexity index is 1440. The first-order valence-corrected chi connectivity index (χ1v) is 14.6. The number of nitrogens with one attached hydrogen (secondary N) is 2. The highest BCUT2D eigenvalue weighted by Gasteiger charge is 2.17. The molecule has 3 aromatic carbocycles. The molecule has 0 saturated heterocycles. The van der Waals surface area contributed by atoms with Crippen molar-refractivity contribution in [3.05, 3.63) is 79.7 Å². The first kappa shape index (κ1) is 28.8. The number of carbonyl (C=O) groups excluding carboxylic acids is 2. The number of thioether (sulfide) groups is 2. The Hall–Kier alpha value is -2.20. The van der Waals surface area contributed by atoms with Crippen molar-refractivity contribution in [1.29, 1.82) is 0 Å². The molecule has 0 fully saturated rings. The molecule has 0 bridgehead atoms. The molecule has 0 aliphatic carbocycles. The van der Waals surface area contributed by atoms with E-state index in [2.05, 4.69) is 20.6 Å². The van der Waals surface area contributed by atoms with Gasteiger partial charge in [0.1, 0.15) is 10.1 Å². The maximum absolute atomic E-state index is 12.7. The first-order chi connectivity index (χ1) is 18.1. The number of nitrogens with zero attached hydrogens (tertiary/aromatic N) is 2. The molecular formula is C26H20Cl4N4O2S2. The number of fused-ring (bicyclic) bond motifs is 1. The van der Waals surface area contributed by atoms with Gasteiger partial charge in [0.05, 0.1) is 54.0 Å². The molecule has 1 heterocycles. The maximum Gasteiger partial charge on any atom is 0.234 e. The molecule has 1 aromatic heterocycles. The van der Waals surface area contributed by atoms with Gasteiger partial charge < -0.3 is 10.6 Å². The molecule has 4 rings (SSSR count).